The van der Waals surface area contributed by atoms with Crippen LogP contribution in [-0.4, -0.2) is 53.4 Å². The molecule has 4 aromatic rings. The molecular formula is C46H52FNO6S. The zero-order chi connectivity index (χ0) is 38.2. The lowest BCUT2D eigenvalue weighted by molar-refractivity contribution is -0.223. The van der Waals surface area contributed by atoms with Crippen molar-refractivity contribution in [3.05, 3.63) is 126 Å². The van der Waals surface area contributed by atoms with Gasteiger partial charge in [0, 0.05) is 41.6 Å². The summed E-state index contributed by atoms with van der Waals surface area (Å²) < 4.78 is 35.3. The molecule has 290 valence electrons. The van der Waals surface area contributed by atoms with E-state index < -0.39 is 5.79 Å². The molecule has 1 aliphatic heterocycles. The maximum absolute atomic E-state index is 14.6. The number of oxime groups is 1. The monoisotopic (exact) mass is 765 g/mol. The minimum atomic E-state index is -1.10. The number of benzene rings is 4. The van der Waals surface area contributed by atoms with Gasteiger partial charge in [-0.2, -0.15) is 0 Å². The zero-order valence-electron chi connectivity index (χ0n) is 31.6. The van der Waals surface area contributed by atoms with E-state index in [1.807, 2.05) is 25.1 Å². The maximum atomic E-state index is 14.6. The van der Waals surface area contributed by atoms with Crippen LogP contribution >= 0.6 is 11.8 Å². The molecule has 7 rings (SSSR count). The summed E-state index contributed by atoms with van der Waals surface area (Å²) in [4.78, 5) is 6.96. The van der Waals surface area contributed by atoms with Crippen LogP contribution in [0.15, 0.2) is 119 Å². The molecule has 0 bridgehead atoms. The number of unbranched alkanes of at least 4 members (excludes halogenated alkanes) is 2. The third-order valence-corrected chi connectivity index (χ3v) is 12.6. The van der Waals surface area contributed by atoms with E-state index in [4.69, 9.17) is 24.2 Å². The van der Waals surface area contributed by atoms with E-state index in [9.17, 15) is 14.6 Å². The summed E-state index contributed by atoms with van der Waals surface area (Å²) in [5, 5.41) is 26.6. The summed E-state index contributed by atoms with van der Waals surface area (Å²) in [5.74, 6) is -0.0372. The second-order valence-corrected chi connectivity index (χ2v) is 15.9. The topological polar surface area (TPSA) is 89.7 Å². The summed E-state index contributed by atoms with van der Waals surface area (Å²) >= 11 is 1.75. The van der Waals surface area contributed by atoms with Crippen molar-refractivity contribution < 1.29 is 33.7 Å². The van der Waals surface area contributed by atoms with E-state index in [1.54, 1.807) is 30.0 Å². The predicted octanol–water partition coefficient (Wildman–Crippen LogP) is 10.0. The quantitative estimate of drug-likeness (QED) is 0.0592. The highest BCUT2D eigenvalue weighted by atomic mass is 32.2. The number of hydrogen-bond donors (Lipinski definition) is 2. The molecule has 55 heavy (non-hydrogen) atoms. The van der Waals surface area contributed by atoms with E-state index in [0.29, 0.717) is 30.8 Å². The highest BCUT2D eigenvalue weighted by Crippen LogP contribution is 2.63. The normalized spacial score (nSPS) is 24.8. The Balaban J connectivity index is 1.39. The first kappa shape index (κ1) is 39.1. The van der Waals surface area contributed by atoms with Crippen molar-refractivity contribution in [2.75, 3.05) is 26.4 Å². The molecule has 1 saturated carbocycles. The molecular weight excluding hydrogens is 714 g/mol. The molecule has 7 nitrogen and oxygen atoms in total. The van der Waals surface area contributed by atoms with Gasteiger partial charge in [-0.05, 0) is 97.2 Å². The number of nitrogens with zero attached hydrogens (tertiary/aromatic N) is 1. The van der Waals surface area contributed by atoms with Crippen LogP contribution in [-0.2, 0) is 16.2 Å². The first-order valence-corrected chi connectivity index (χ1v) is 20.6. The van der Waals surface area contributed by atoms with Crippen LogP contribution in [0.25, 0.3) is 10.8 Å². The number of aliphatic hydroxyl groups excluding tert-OH is 2. The Bertz CT molecular complexity index is 2000. The first-order chi connectivity index (χ1) is 27.0. The van der Waals surface area contributed by atoms with Crippen molar-refractivity contribution in [3.8, 4) is 11.5 Å². The summed E-state index contributed by atoms with van der Waals surface area (Å²) in [6, 6.07) is 27.6. The van der Waals surface area contributed by atoms with Crippen LogP contribution < -0.4 is 9.47 Å². The molecule has 3 aliphatic rings. The fourth-order valence-electron chi connectivity index (χ4n) is 8.84. The van der Waals surface area contributed by atoms with Gasteiger partial charge in [-0.25, -0.2) is 4.39 Å². The van der Waals surface area contributed by atoms with Gasteiger partial charge in [0.1, 0.15) is 30.5 Å². The summed E-state index contributed by atoms with van der Waals surface area (Å²) in [5.41, 5.74) is 3.48. The SMILES string of the molecule is C=CCO[C@@]12Oc3ccc(OCc4ccccc4F)cc3[C@H]3[C@H](CCCCO)[C@@H](CCCCO)C=C(C(=NOCC)C[C@@H]1Sc1ccc4ccccc4c1)[C@H]32. The Hall–Kier alpha value is -4.15. The fraction of sp³-hybridized carbons (Fsp3) is 0.413. The van der Waals surface area contributed by atoms with Crippen molar-refractivity contribution in [2.24, 2.45) is 22.9 Å². The standard InChI is InChI=1S/C46H52FNO6S/c1-3-25-52-46-43(55-36-21-19-31-13-5-6-14-32(31)26-36)29-41(48-53-4-2)38-27-33(15-9-11-23-49)37(17-10-12-24-50)44(45(38)46)39-28-35(20-22-42(39)54-46)51-30-34-16-7-8-18-40(34)47/h3,5-8,13-14,16,18-22,26-28,33,37,43-45,49-50H,1,4,9-12,15,17,23-25,29-30H2,2H3/t33-,37+,43-,44+,45+,46+/m0/s1. The molecule has 1 heterocycles. The number of hydrogen-bond acceptors (Lipinski definition) is 8. The van der Waals surface area contributed by atoms with Crippen molar-refractivity contribution in [1.29, 1.82) is 0 Å². The predicted molar refractivity (Wildman–Crippen MR) is 217 cm³/mol. The fourth-order valence-corrected chi connectivity index (χ4v) is 10.2. The van der Waals surface area contributed by atoms with Crippen molar-refractivity contribution in [3.63, 3.8) is 0 Å². The highest BCUT2D eigenvalue weighted by molar-refractivity contribution is 8.00. The number of rotatable bonds is 18. The lowest BCUT2D eigenvalue weighted by Gasteiger charge is -2.58. The molecule has 0 spiro atoms. The van der Waals surface area contributed by atoms with E-state index in [2.05, 4.69) is 61.2 Å². The van der Waals surface area contributed by atoms with Gasteiger partial charge < -0.3 is 29.3 Å². The average molecular weight is 766 g/mol. The molecule has 2 N–H and O–H groups in total. The van der Waals surface area contributed by atoms with Crippen molar-refractivity contribution >= 4 is 28.2 Å². The van der Waals surface area contributed by atoms with Crippen LogP contribution in [0.4, 0.5) is 4.39 Å². The van der Waals surface area contributed by atoms with Crippen LogP contribution in [0.1, 0.15) is 68.9 Å². The number of thioether (sulfide) groups is 1. The summed E-state index contributed by atoms with van der Waals surface area (Å²) in [6.07, 6.45) is 9.69. The molecule has 4 aromatic carbocycles. The Morgan fingerprint density at radius 2 is 1.73 bits per heavy atom. The molecule has 0 unspecified atom stereocenters. The second-order valence-electron chi connectivity index (χ2n) is 14.7. The molecule has 0 saturated heterocycles. The second kappa shape index (κ2) is 18.2. The van der Waals surface area contributed by atoms with Crippen LogP contribution in [0, 0.1) is 23.6 Å². The zero-order valence-corrected chi connectivity index (χ0v) is 32.4. The number of halogens is 1. The van der Waals surface area contributed by atoms with Gasteiger partial charge in [-0.15, -0.1) is 18.3 Å². The van der Waals surface area contributed by atoms with Crippen LogP contribution in [0.5, 0.6) is 11.5 Å². The largest absolute Gasteiger partial charge is 0.489 e. The summed E-state index contributed by atoms with van der Waals surface area (Å²) in [6.45, 7) is 7.09. The third-order valence-electron chi connectivity index (χ3n) is 11.3. The Kier molecular flexibility index (Phi) is 12.9. The molecule has 1 fully saturated rings. The third kappa shape index (κ3) is 8.36. The first-order valence-electron chi connectivity index (χ1n) is 19.7. The Labute approximate surface area is 328 Å². The maximum Gasteiger partial charge on any atom is 0.231 e. The lowest BCUT2D eigenvalue weighted by Crippen LogP contribution is -2.64. The molecule has 2 aliphatic carbocycles. The minimum Gasteiger partial charge on any atom is -0.489 e. The van der Waals surface area contributed by atoms with Gasteiger partial charge >= 0.3 is 0 Å². The van der Waals surface area contributed by atoms with Gasteiger partial charge in [-0.3, -0.25) is 0 Å². The van der Waals surface area contributed by atoms with Gasteiger partial charge in [0.25, 0.3) is 0 Å². The van der Waals surface area contributed by atoms with E-state index >= 15 is 0 Å². The van der Waals surface area contributed by atoms with Crippen molar-refractivity contribution in [2.45, 2.75) is 80.3 Å². The Morgan fingerprint density at radius 1 is 0.945 bits per heavy atom. The van der Waals surface area contributed by atoms with E-state index in [1.165, 1.54) is 11.5 Å². The lowest BCUT2D eigenvalue weighted by atomic mass is 9.56. The van der Waals surface area contributed by atoms with Gasteiger partial charge in [-0.1, -0.05) is 78.7 Å². The highest BCUT2D eigenvalue weighted by Gasteiger charge is 2.64. The number of allylic oxidation sites excluding steroid dienone is 1. The van der Waals surface area contributed by atoms with Gasteiger partial charge in [0.05, 0.1) is 23.5 Å². The molecule has 6 atom stereocenters. The van der Waals surface area contributed by atoms with E-state index in [0.717, 1.165) is 65.0 Å². The smallest absolute Gasteiger partial charge is 0.231 e. The molecule has 0 amide bonds. The molecule has 9 heteroatoms. The summed E-state index contributed by atoms with van der Waals surface area (Å²) in [7, 11) is 0. The van der Waals surface area contributed by atoms with Crippen LogP contribution in [0.2, 0.25) is 0 Å². The Morgan fingerprint density at radius 3 is 2.51 bits per heavy atom. The molecule has 0 radical (unpaired) electrons. The number of fused-ring (bicyclic) bond motifs is 3. The van der Waals surface area contributed by atoms with Gasteiger partial charge in [0.2, 0.25) is 5.79 Å². The van der Waals surface area contributed by atoms with Crippen molar-refractivity contribution in [1.82, 2.24) is 0 Å². The van der Waals surface area contributed by atoms with Gasteiger partial charge in [0.15, 0.2) is 0 Å². The average Bonchev–Trinajstić information content (AvgIpc) is 3.21. The van der Waals surface area contributed by atoms with Crippen LogP contribution in [0.3, 0.4) is 0 Å². The van der Waals surface area contributed by atoms with E-state index in [-0.39, 0.29) is 61.2 Å². The number of ether oxygens (including phenoxy) is 3. The molecule has 0 aromatic heterocycles. The number of aliphatic hydroxyl groups is 2. The minimum absolute atomic E-state index is 0.0739.